The monoisotopic (exact) mass is 223 g/mol. The lowest BCUT2D eigenvalue weighted by atomic mass is 10.1. The van der Waals surface area contributed by atoms with Gasteiger partial charge in [0.1, 0.15) is 0 Å². The molecule has 0 unspecified atom stereocenters. The molecular weight excluding hydrogens is 210 g/mol. The maximum absolute atomic E-state index is 11.5. The molecule has 0 bridgehead atoms. The molecule has 5 N–H and O–H groups in total. The average molecular weight is 223 g/mol. The number of nitrogen functional groups attached to an aromatic ring is 1. The Hall–Kier alpha value is -2.08. The van der Waals surface area contributed by atoms with E-state index in [1.54, 1.807) is 18.2 Å². The Morgan fingerprint density at radius 2 is 2.12 bits per heavy atom. The molecule has 0 spiro atoms. The molecule has 6 heteroatoms. The molecule has 1 rings (SSSR count). The van der Waals surface area contributed by atoms with Gasteiger partial charge in [-0.05, 0) is 19.1 Å². The Balaban J connectivity index is 2.65. The third-order valence-corrected chi connectivity index (χ3v) is 1.83. The van der Waals surface area contributed by atoms with Crippen molar-refractivity contribution in [3.05, 3.63) is 29.3 Å². The number of hydrogen-bond donors (Lipinski definition) is 3. The SMILES string of the molecule is Cc1ccc(N)c(C(=O)NOCC(N)=O)c1. The number of hydrogen-bond acceptors (Lipinski definition) is 4. The van der Waals surface area contributed by atoms with E-state index in [4.69, 9.17) is 11.5 Å². The Labute approximate surface area is 92.5 Å². The van der Waals surface area contributed by atoms with Gasteiger partial charge in [-0.25, -0.2) is 5.48 Å². The summed E-state index contributed by atoms with van der Waals surface area (Å²) in [6.07, 6.45) is 0. The normalized spacial score (nSPS) is 9.81. The van der Waals surface area contributed by atoms with Gasteiger partial charge < -0.3 is 11.5 Å². The van der Waals surface area contributed by atoms with Crippen LogP contribution in [0.5, 0.6) is 0 Å². The lowest BCUT2D eigenvalue weighted by molar-refractivity contribution is -0.124. The molecule has 16 heavy (non-hydrogen) atoms. The number of hydroxylamine groups is 1. The molecule has 0 atom stereocenters. The maximum Gasteiger partial charge on any atom is 0.276 e. The van der Waals surface area contributed by atoms with E-state index in [2.05, 4.69) is 10.3 Å². The molecule has 0 saturated carbocycles. The van der Waals surface area contributed by atoms with Crippen LogP contribution in [0.4, 0.5) is 5.69 Å². The highest BCUT2D eigenvalue weighted by Gasteiger charge is 2.09. The molecule has 0 heterocycles. The van der Waals surface area contributed by atoms with Crippen molar-refractivity contribution >= 4 is 17.5 Å². The Bertz CT molecular complexity index is 418. The van der Waals surface area contributed by atoms with Crippen LogP contribution in [0.2, 0.25) is 0 Å². The maximum atomic E-state index is 11.5. The van der Waals surface area contributed by atoms with E-state index in [0.717, 1.165) is 5.56 Å². The number of rotatable bonds is 4. The first-order valence-electron chi connectivity index (χ1n) is 4.57. The van der Waals surface area contributed by atoms with Crippen LogP contribution in [0.25, 0.3) is 0 Å². The second-order valence-corrected chi connectivity index (χ2v) is 3.28. The van der Waals surface area contributed by atoms with Crippen LogP contribution >= 0.6 is 0 Å². The van der Waals surface area contributed by atoms with Crippen LogP contribution in [-0.4, -0.2) is 18.4 Å². The summed E-state index contributed by atoms with van der Waals surface area (Å²) in [6.45, 7) is 1.46. The van der Waals surface area contributed by atoms with E-state index in [9.17, 15) is 9.59 Å². The number of nitrogens with two attached hydrogens (primary N) is 2. The van der Waals surface area contributed by atoms with Crippen molar-refractivity contribution in [2.24, 2.45) is 5.73 Å². The van der Waals surface area contributed by atoms with Crippen LogP contribution in [0, 0.1) is 6.92 Å². The van der Waals surface area contributed by atoms with Gasteiger partial charge in [0.2, 0.25) is 5.91 Å². The van der Waals surface area contributed by atoms with Crippen molar-refractivity contribution in [2.75, 3.05) is 12.3 Å². The highest BCUT2D eigenvalue weighted by molar-refractivity contribution is 5.98. The zero-order valence-corrected chi connectivity index (χ0v) is 8.82. The molecule has 0 aromatic heterocycles. The lowest BCUT2D eigenvalue weighted by Crippen LogP contribution is -2.29. The quantitative estimate of drug-likeness (QED) is 0.482. The van der Waals surface area contributed by atoms with Crippen LogP contribution in [0.15, 0.2) is 18.2 Å². The first-order chi connectivity index (χ1) is 7.50. The number of aryl methyl sites for hydroxylation is 1. The third kappa shape index (κ3) is 3.25. The third-order valence-electron chi connectivity index (χ3n) is 1.83. The Morgan fingerprint density at radius 1 is 1.44 bits per heavy atom. The van der Waals surface area contributed by atoms with Gasteiger partial charge in [0.25, 0.3) is 5.91 Å². The summed E-state index contributed by atoms with van der Waals surface area (Å²) in [6, 6.07) is 5.03. The Kier molecular flexibility index (Phi) is 3.84. The predicted molar refractivity (Wildman–Crippen MR) is 58.2 cm³/mol. The standard InChI is InChI=1S/C10H13N3O3/c1-6-2-3-8(11)7(4-6)10(15)13-16-5-9(12)14/h2-4H,5,11H2,1H3,(H2,12,14)(H,13,15). The van der Waals surface area contributed by atoms with Gasteiger partial charge >= 0.3 is 0 Å². The van der Waals surface area contributed by atoms with Crippen molar-refractivity contribution < 1.29 is 14.4 Å². The summed E-state index contributed by atoms with van der Waals surface area (Å²) in [4.78, 5) is 26.5. The fourth-order valence-corrected chi connectivity index (χ4v) is 1.09. The largest absolute Gasteiger partial charge is 0.398 e. The number of nitrogens with one attached hydrogen (secondary N) is 1. The van der Waals surface area contributed by atoms with Crippen molar-refractivity contribution in [1.29, 1.82) is 0 Å². The molecule has 0 aliphatic heterocycles. The summed E-state index contributed by atoms with van der Waals surface area (Å²) in [7, 11) is 0. The minimum atomic E-state index is -0.669. The zero-order valence-electron chi connectivity index (χ0n) is 8.82. The molecule has 0 aliphatic rings. The van der Waals surface area contributed by atoms with Gasteiger partial charge in [0, 0.05) is 5.69 Å². The van der Waals surface area contributed by atoms with E-state index >= 15 is 0 Å². The van der Waals surface area contributed by atoms with Gasteiger partial charge in [-0.15, -0.1) is 0 Å². The first-order valence-corrected chi connectivity index (χ1v) is 4.57. The molecular formula is C10H13N3O3. The van der Waals surface area contributed by atoms with E-state index in [0.29, 0.717) is 11.3 Å². The van der Waals surface area contributed by atoms with Crippen LogP contribution in [0.3, 0.4) is 0 Å². The second-order valence-electron chi connectivity index (χ2n) is 3.28. The van der Waals surface area contributed by atoms with Crippen molar-refractivity contribution in [3.8, 4) is 0 Å². The number of carbonyl (C=O) groups excluding carboxylic acids is 2. The topological polar surface area (TPSA) is 107 Å². The van der Waals surface area contributed by atoms with Crippen LogP contribution < -0.4 is 16.9 Å². The summed E-state index contributed by atoms with van der Waals surface area (Å²) in [5.41, 5.74) is 14.1. The summed E-state index contributed by atoms with van der Waals surface area (Å²) in [5.74, 6) is -1.18. The molecule has 86 valence electrons. The highest BCUT2D eigenvalue weighted by atomic mass is 16.7. The molecule has 0 saturated heterocycles. The number of amides is 2. The molecule has 6 nitrogen and oxygen atoms in total. The van der Waals surface area contributed by atoms with Crippen molar-refractivity contribution in [3.63, 3.8) is 0 Å². The van der Waals surface area contributed by atoms with Gasteiger partial charge in [-0.2, -0.15) is 0 Å². The number of anilines is 1. The van der Waals surface area contributed by atoms with Crippen molar-refractivity contribution in [1.82, 2.24) is 5.48 Å². The number of primary amides is 1. The number of benzene rings is 1. The molecule has 2 amide bonds. The molecule has 0 aliphatic carbocycles. The van der Waals surface area contributed by atoms with Crippen molar-refractivity contribution in [2.45, 2.75) is 6.92 Å². The fraction of sp³-hybridized carbons (Fsp3) is 0.200. The molecule has 0 fully saturated rings. The van der Waals surface area contributed by atoms with Crippen LogP contribution in [0.1, 0.15) is 15.9 Å². The zero-order chi connectivity index (χ0) is 12.1. The average Bonchev–Trinajstić information content (AvgIpc) is 2.21. The minimum Gasteiger partial charge on any atom is -0.398 e. The van der Waals surface area contributed by atoms with Gasteiger partial charge in [-0.1, -0.05) is 11.6 Å². The second kappa shape index (κ2) is 5.13. The smallest absolute Gasteiger partial charge is 0.276 e. The van der Waals surface area contributed by atoms with E-state index in [-0.39, 0.29) is 6.61 Å². The summed E-state index contributed by atoms with van der Waals surface area (Å²) in [5, 5.41) is 0. The lowest BCUT2D eigenvalue weighted by Gasteiger charge is -2.07. The van der Waals surface area contributed by atoms with E-state index in [1.165, 1.54) is 0 Å². The fourth-order valence-electron chi connectivity index (χ4n) is 1.09. The molecule has 1 aromatic rings. The molecule has 0 radical (unpaired) electrons. The highest BCUT2D eigenvalue weighted by Crippen LogP contribution is 2.13. The van der Waals surface area contributed by atoms with Gasteiger partial charge in [0.05, 0.1) is 5.56 Å². The Morgan fingerprint density at radius 3 is 2.75 bits per heavy atom. The van der Waals surface area contributed by atoms with E-state index in [1.807, 2.05) is 6.92 Å². The molecule has 1 aromatic carbocycles. The van der Waals surface area contributed by atoms with Gasteiger partial charge in [0.15, 0.2) is 6.61 Å². The predicted octanol–water partition coefficient (Wildman–Crippen LogP) is -0.276. The minimum absolute atomic E-state index is 0.296. The number of carbonyl (C=O) groups is 2. The van der Waals surface area contributed by atoms with E-state index < -0.39 is 11.8 Å². The van der Waals surface area contributed by atoms with Gasteiger partial charge in [-0.3, -0.25) is 14.4 Å². The first kappa shape index (κ1) is 12.0. The van der Waals surface area contributed by atoms with Crippen LogP contribution in [-0.2, 0) is 9.63 Å². The summed E-state index contributed by atoms with van der Waals surface area (Å²) >= 11 is 0. The summed E-state index contributed by atoms with van der Waals surface area (Å²) < 4.78 is 0.